The number of rotatable bonds is 2. The first-order valence-electron chi connectivity index (χ1n) is 7.61. The highest BCUT2D eigenvalue weighted by Gasteiger charge is 2.52. The lowest BCUT2D eigenvalue weighted by atomic mass is 9.86. The molecule has 1 N–H and O–H groups in total. The van der Waals surface area contributed by atoms with Gasteiger partial charge in [-0.25, -0.2) is 0 Å². The highest BCUT2D eigenvalue weighted by molar-refractivity contribution is 6.05. The molecule has 3 fully saturated rings. The summed E-state index contributed by atoms with van der Waals surface area (Å²) in [4.78, 5) is 26.2. The standard InChI is InChI=1S/C15H23NO3/c1-9-6-11-12(7-9)15(19)16(14(11)18)8-10-4-2-3-5-13(10)17/h9-13,17H,2-8H2,1H3. The fourth-order valence-corrected chi connectivity index (χ4v) is 4.16. The molecule has 0 bridgehead atoms. The monoisotopic (exact) mass is 265 g/mol. The third-order valence-corrected chi connectivity index (χ3v) is 5.25. The van der Waals surface area contributed by atoms with E-state index in [1.807, 2.05) is 0 Å². The molecular weight excluding hydrogens is 242 g/mol. The quantitative estimate of drug-likeness (QED) is 0.771. The maximum atomic E-state index is 12.3. The Labute approximate surface area is 114 Å². The molecule has 0 aromatic rings. The second-order valence-corrected chi connectivity index (χ2v) is 6.69. The van der Waals surface area contributed by atoms with E-state index in [4.69, 9.17) is 0 Å². The second kappa shape index (κ2) is 4.89. The van der Waals surface area contributed by atoms with Crippen molar-refractivity contribution in [3.05, 3.63) is 0 Å². The van der Waals surface area contributed by atoms with E-state index in [0.717, 1.165) is 38.5 Å². The number of hydrogen-bond donors (Lipinski definition) is 1. The van der Waals surface area contributed by atoms with Crippen molar-refractivity contribution < 1.29 is 14.7 Å². The van der Waals surface area contributed by atoms with Crippen molar-refractivity contribution in [2.45, 2.75) is 51.6 Å². The molecule has 2 amide bonds. The molecule has 3 rings (SSSR count). The molecule has 1 saturated heterocycles. The molecule has 0 spiro atoms. The number of imide groups is 1. The number of amides is 2. The maximum absolute atomic E-state index is 12.3. The lowest BCUT2D eigenvalue weighted by Crippen LogP contribution is -2.41. The number of hydrogen-bond acceptors (Lipinski definition) is 3. The number of carbonyl (C=O) groups excluding carboxylic acids is 2. The van der Waals surface area contributed by atoms with Crippen molar-refractivity contribution in [2.75, 3.05) is 6.54 Å². The fraction of sp³-hybridized carbons (Fsp3) is 0.867. The van der Waals surface area contributed by atoms with Crippen molar-refractivity contribution in [2.24, 2.45) is 23.7 Å². The van der Waals surface area contributed by atoms with Gasteiger partial charge in [-0.2, -0.15) is 0 Å². The second-order valence-electron chi connectivity index (χ2n) is 6.69. The lowest BCUT2D eigenvalue weighted by molar-refractivity contribution is -0.142. The minimum Gasteiger partial charge on any atom is -0.393 e. The van der Waals surface area contributed by atoms with Gasteiger partial charge in [0.05, 0.1) is 17.9 Å². The average Bonchev–Trinajstić information content (AvgIpc) is 2.86. The van der Waals surface area contributed by atoms with Gasteiger partial charge in [-0.3, -0.25) is 14.5 Å². The number of fused-ring (bicyclic) bond motifs is 1. The van der Waals surface area contributed by atoms with Crippen molar-refractivity contribution in [3.8, 4) is 0 Å². The third kappa shape index (κ3) is 2.20. The zero-order valence-electron chi connectivity index (χ0n) is 11.5. The summed E-state index contributed by atoms with van der Waals surface area (Å²) in [5.41, 5.74) is 0. The zero-order chi connectivity index (χ0) is 13.6. The summed E-state index contributed by atoms with van der Waals surface area (Å²) in [6, 6.07) is 0. The van der Waals surface area contributed by atoms with Gasteiger partial charge in [-0.05, 0) is 31.6 Å². The van der Waals surface area contributed by atoms with Crippen LogP contribution in [0.25, 0.3) is 0 Å². The predicted octanol–water partition coefficient (Wildman–Crippen LogP) is 1.57. The SMILES string of the molecule is CC1CC2C(=O)N(CC3CCCCC3O)C(=O)C2C1. The van der Waals surface area contributed by atoms with E-state index >= 15 is 0 Å². The molecule has 0 aromatic carbocycles. The Morgan fingerprint density at radius 1 is 1.11 bits per heavy atom. The van der Waals surface area contributed by atoms with Crippen LogP contribution in [0.4, 0.5) is 0 Å². The summed E-state index contributed by atoms with van der Waals surface area (Å²) in [7, 11) is 0. The van der Waals surface area contributed by atoms with E-state index in [2.05, 4.69) is 6.92 Å². The molecule has 0 aromatic heterocycles. The van der Waals surface area contributed by atoms with Crippen LogP contribution in [0.1, 0.15) is 45.4 Å². The number of aliphatic hydroxyl groups is 1. The molecule has 2 aliphatic carbocycles. The Kier molecular flexibility index (Phi) is 3.37. The van der Waals surface area contributed by atoms with Crippen molar-refractivity contribution in [1.82, 2.24) is 4.90 Å². The molecule has 19 heavy (non-hydrogen) atoms. The third-order valence-electron chi connectivity index (χ3n) is 5.25. The number of carbonyl (C=O) groups is 2. The van der Waals surface area contributed by atoms with Gasteiger partial charge in [0.1, 0.15) is 0 Å². The van der Waals surface area contributed by atoms with Crippen LogP contribution in [0.5, 0.6) is 0 Å². The number of nitrogens with zero attached hydrogens (tertiary/aromatic N) is 1. The molecular formula is C15H23NO3. The summed E-state index contributed by atoms with van der Waals surface area (Å²) < 4.78 is 0. The Morgan fingerprint density at radius 3 is 2.26 bits per heavy atom. The van der Waals surface area contributed by atoms with Crippen LogP contribution >= 0.6 is 0 Å². The van der Waals surface area contributed by atoms with Crippen molar-refractivity contribution in [1.29, 1.82) is 0 Å². The van der Waals surface area contributed by atoms with Gasteiger partial charge in [-0.15, -0.1) is 0 Å². The van der Waals surface area contributed by atoms with Crippen LogP contribution in [0, 0.1) is 23.7 Å². The van der Waals surface area contributed by atoms with Crippen molar-refractivity contribution >= 4 is 11.8 Å². The smallest absolute Gasteiger partial charge is 0.233 e. The Bertz CT molecular complexity index is 371. The molecule has 4 nitrogen and oxygen atoms in total. The number of aliphatic hydroxyl groups excluding tert-OH is 1. The Hall–Kier alpha value is -0.900. The van der Waals surface area contributed by atoms with Crippen LogP contribution in [0.2, 0.25) is 0 Å². The fourth-order valence-electron chi connectivity index (χ4n) is 4.16. The molecule has 2 saturated carbocycles. The molecule has 0 radical (unpaired) electrons. The minimum atomic E-state index is -0.339. The first kappa shape index (κ1) is 13.1. The van der Waals surface area contributed by atoms with Gasteiger partial charge >= 0.3 is 0 Å². The lowest BCUT2D eigenvalue weighted by Gasteiger charge is -2.30. The normalized spacial score (nSPS) is 42.8. The van der Waals surface area contributed by atoms with E-state index in [0.29, 0.717) is 12.5 Å². The maximum Gasteiger partial charge on any atom is 0.233 e. The van der Waals surface area contributed by atoms with E-state index in [9.17, 15) is 14.7 Å². The Morgan fingerprint density at radius 2 is 1.68 bits per heavy atom. The first-order chi connectivity index (χ1) is 9.08. The highest BCUT2D eigenvalue weighted by atomic mass is 16.3. The van der Waals surface area contributed by atoms with Crippen molar-refractivity contribution in [3.63, 3.8) is 0 Å². The molecule has 4 unspecified atom stereocenters. The summed E-state index contributed by atoms with van der Waals surface area (Å²) in [6.45, 7) is 2.56. The van der Waals surface area contributed by atoms with Crippen LogP contribution in [0.3, 0.4) is 0 Å². The largest absolute Gasteiger partial charge is 0.393 e. The zero-order valence-corrected chi connectivity index (χ0v) is 11.5. The molecule has 3 aliphatic rings. The van der Waals surface area contributed by atoms with E-state index in [1.54, 1.807) is 0 Å². The molecule has 4 atom stereocenters. The van der Waals surface area contributed by atoms with Crippen LogP contribution in [-0.4, -0.2) is 34.5 Å². The molecule has 4 heteroatoms. The summed E-state index contributed by atoms with van der Waals surface area (Å²) in [5, 5.41) is 10.00. The summed E-state index contributed by atoms with van der Waals surface area (Å²) >= 11 is 0. The Balaban J connectivity index is 1.69. The summed E-state index contributed by atoms with van der Waals surface area (Å²) in [6.07, 6.45) is 5.28. The average molecular weight is 265 g/mol. The first-order valence-corrected chi connectivity index (χ1v) is 7.61. The molecule has 1 heterocycles. The van der Waals surface area contributed by atoms with Gasteiger partial charge in [0.2, 0.25) is 11.8 Å². The minimum absolute atomic E-state index is 0.0251. The molecule has 1 aliphatic heterocycles. The van der Waals surface area contributed by atoms with Crippen LogP contribution in [-0.2, 0) is 9.59 Å². The topological polar surface area (TPSA) is 57.6 Å². The van der Waals surface area contributed by atoms with E-state index < -0.39 is 0 Å². The van der Waals surface area contributed by atoms with Gasteiger partial charge in [-0.1, -0.05) is 19.8 Å². The van der Waals surface area contributed by atoms with Gasteiger partial charge in [0.15, 0.2) is 0 Å². The number of likely N-dealkylation sites (tertiary alicyclic amines) is 1. The molecule has 106 valence electrons. The predicted molar refractivity (Wildman–Crippen MR) is 70.1 cm³/mol. The highest BCUT2D eigenvalue weighted by Crippen LogP contribution is 2.43. The van der Waals surface area contributed by atoms with Gasteiger partial charge in [0, 0.05) is 12.5 Å². The van der Waals surface area contributed by atoms with Crippen LogP contribution < -0.4 is 0 Å². The van der Waals surface area contributed by atoms with Crippen LogP contribution in [0.15, 0.2) is 0 Å². The summed E-state index contributed by atoms with van der Waals surface area (Å²) in [5.74, 6) is 0.504. The van der Waals surface area contributed by atoms with E-state index in [1.165, 1.54) is 4.90 Å². The van der Waals surface area contributed by atoms with E-state index in [-0.39, 0.29) is 35.7 Å². The van der Waals surface area contributed by atoms with Gasteiger partial charge in [0.25, 0.3) is 0 Å². The van der Waals surface area contributed by atoms with Gasteiger partial charge < -0.3 is 5.11 Å².